The van der Waals surface area contributed by atoms with Crippen molar-refractivity contribution in [1.82, 2.24) is 10.6 Å². The summed E-state index contributed by atoms with van der Waals surface area (Å²) in [4.78, 5) is 22.3. The molecular weight excluding hydrogens is 208 g/mol. The van der Waals surface area contributed by atoms with Crippen molar-refractivity contribution in [3.8, 4) is 0 Å². The lowest BCUT2D eigenvalue weighted by molar-refractivity contribution is -0.143. The van der Waals surface area contributed by atoms with Crippen LogP contribution < -0.4 is 10.6 Å². The molecule has 92 valence electrons. The lowest BCUT2D eigenvalue weighted by Gasteiger charge is -2.17. The van der Waals surface area contributed by atoms with E-state index in [9.17, 15) is 9.59 Å². The predicted molar refractivity (Wildman–Crippen MR) is 60.0 cm³/mol. The Morgan fingerprint density at radius 2 is 2.00 bits per heavy atom. The average Bonchev–Trinajstić information content (AvgIpc) is 2.97. The van der Waals surface area contributed by atoms with Gasteiger partial charge in [-0.1, -0.05) is 13.8 Å². The molecule has 0 saturated heterocycles. The molecule has 5 heteroatoms. The Hall–Kier alpha value is -1.10. The van der Waals surface area contributed by atoms with Crippen molar-refractivity contribution >= 4 is 11.9 Å². The molecule has 0 bridgehead atoms. The zero-order chi connectivity index (χ0) is 12.1. The van der Waals surface area contributed by atoms with Gasteiger partial charge in [0.1, 0.15) is 6.04 Å². The van der Waals surface area contributed by atoms with Crippen LogP contribution in [0.5, 0.6) is 0 Å². The van der Waals surface area contributed by atoms with Crippen LogP contribution in [0.15, 0.2) is 0 Å². The fourth-order valence-electron chi connectivity index (χ4n) is 1.44. The SMILES string of the molecule is CC(C)[C@@H](NC(=O)CCNC1CC1)C(=O)O. The van der Waals surface area contributed by atoms with Gasteiger partial charge < -0.3 is 15.7 Å². The number of carboxylic acid groups (broad SMARTS) is 1. The number of hydrogen-bond acceptors (Lipinski definition) is 3. The summed E-state index contributed by atoms with van der Waals surface area (Å²) in [5.74, 6) is -1.27. The van der Waals surface area contributed by atoms with Gasteiger partial charge in [-0.15, -0.1) is 0 Å². The van der Waals surface area contributed by atoms with Gasteiger partial charge in [-0.2, -0.15) is 0 Å². The number of carbonyl (C=O) groups is 2. The third kappa shape index (κ3) is 4.61. The number of carbonyl (C=O) groups excluding carboxylic acids is 1. The van der Waals surface area contributed by atoms with Crippen molar-refractivity contribution in [3.05, 3.63) is 0 Å². The Morgan fingerprint density at radius 3 is 2.44 bits per heavy atom. The topological polar surface area (TPSA) is 78.4 Å². The largest absolute Gasteiger partial charge is 0.480 e. The Bertz CT molecular complexity index is 262. The Balaban J connectivity index is 2.21. The first-order valence-electron chi connectivity index (χ1n) is 5.76. The molecule has 0 heterocycles. The summed E-state index contributed by atoms with van der Waals surface area (Å²) in [6.45, 7) is 4.18. The molecule has 3 N–H and O–H groups in total. The maximum absolute atomic E-state index is 11.4. The van der Waals surface area contributed by atoms with Gasteiger partial charge in [0.05, 0.1) is 0 Å². The molecule has 1 rings (SSSR count). The smallest absolute Gasteiger partial charge is 0.326 e. The van der Waals surface area contributed by atoms with E-state index in [-0.39, 0.29) is 11.8 Å². The molecule has 1 aliphatic rings. The summed E-state index contributed by atoms with van der Waals surface area (Å²) in [7, 11) is 0. The summed E-state index contributed by atoms with van der Waals surface area (Å²) in [6.07, 6.45) is 2.71. The van der Waals surface area contributed by atoms with Crippen LogP contribution in [0.3, 0.4) is 0 Å². The first-order valence-corrected chi connectivity index (χ1v) is 5.76. The highest BCUT2D eigenvalue weighted by Crippen LogP contribution is 2.18. The van der Waals surface area contributed by atoms with Gasteiger partial charge in [0.15, 0.2) is 0 Å². The summed E-state index contributed by atoms with van der Waals surface area (Å²) in [5, 5.41) is 14.6. The molecule has 1 fully saturated rings. The van der Waals surface area contributed by atoms with Crippen LogP contribution in [0.1, 0.15) is 33.1 Å². The normalized spacial score (nSPS) is 17.2. The third-order valence-corrected chi connectivity index (χ3v) is 2.61. The van der Waals surface area contributed by atoms with Crippen LogP contribution in [0.4, 0.5) is 0 Å². The molecule has 1 aliphatic carbocycles. The van der Waals surface area contributed by atoms with E-state index in [4.69, 9.17) is 5.11 Å². The van der Waals surface area contributed by atoms with E-state index in [1.807, 2.05) is 0 Å². The molecule has 0 aromatic heterocycles. The molecule has 1 atom stereocenters. The van der Waals surface area contributed by atoms with Crippen molar-refractivity contribution in [2.75, 3.05) is 6.54 Å². The first kappa shape index (κ1) is 13.0. The molecule has 0 radical (unpaired) electrons. The van der Waals surface area contributed by atoms with Crippen LogP contribution >= 0.6 is 0 Å². The van der Waals surface area contributed by atoms with Gasteiger partial charge in [0.2, 0.25) is 5.91 Å². The van der Waals surface area contributed by atoms with Crippen LogP contribution in [-0.2, 0) is 9.59 Å². The van der Waals surface area contributed by atoms with Gasteiger partial charge in [0.25, 0.3) is 0 Å². The van der Waals surface area contributed by atoms with Crippen LogP contribution in [-0.4, -0.2) is 35.6 Å². The van der Waals surface area contributed by atoms with E-state index in [0.717, 1.165) is 0 Å². The third-order valence-electron chi connectivity index (χ3n) is 2.61. The highest BCUT2D eigenvalue weighted by atomic mass is 16.4. The summed E-state index contributed by atoms with van der Waals surface area (Å²) in [6, 6.07) is -0.207. The van der Waals surface area contributed by atoms with E-state index in [0.29, 0.717) is 19.0 Å². The fourth-order valence-corrected chi connectivity index (χ4v) is 1.44. The zero-order valence-electron chi connectivity index (χ0n) is 9.82. The highest BCUT2D eigenvalue weighted by Gasteiger charge is 2.24. The number of amides is 1. The average molecular weight is 228 g/mol. The van der Waals surface area contributed by atoms with Gasteiger partial charge >= 0.3 is 5.97 Å². The molecule has 0 spiro atoms. The molecule has 5 nitrogen and oxygen atoms in total. The quantitative estimate of drug-likeness (QED) is 0.587. The van der Waals surface area contributed by atoms with Crippen molar-refractivity contribution in [1.29, 1.82) is 0 Å². The monoisotopic (exact) mass is 228 g/mol. The van der Waals surface area contributed by atoms with E-state index in [1.54, 1.807) is 13.8 Å². The number of carboxylic acids is 1. The summed E-state index contributed by atoms with van der Waals surface area (Å²) >= 11 is 0. The van der Waals surface area contributed by atoms with Gasteiger partial charge in [-0.05, 0) is 18.8 Å². The van der Waals surface area contributed by atoms with Crippen LogP contribution in [0.2, 0.25) is 0 Å². The Labute approximate surface area is 95.6 Å². The van der Waals surface area contributed by atoms with E-state index in [1.165, 1.54) is 12.8 Å². The Morgan fingerprint density at radius 1 is 1.38 bits per heavy atom. The minimum Gasteiger partial charge on any atom is -0.480 e. The highest BCUT2D eigenvalue weighted by molar-refractivity contribution is 5.83. The molecule has 16 heavy (non-hydrogen) atoms. The van der Waals surface area contributed by atoms with Gasteiger partial charge in [-0.25, -0.2) is 4.79 Å². The fraction of sp³-hybridized carbons (Fsp3) is 0.818. The lowest BCUT2D eigenvalue weighted by Crippen LogP contribution is -2.45. The second-order valence-electron chi connectivity index (χ2n) is 4.61. The molecule has 0 unspecified atom stereocenters. The maximum atomic E-state index is 11.4. The Kier molecular flexibility index (Phi) is 4.73. The summed E-state index contributed by atoms with van der Waals surface area (Å²) in [5.41, 5.74) is 0. The predicted octanol–water partition coefficient (Wildman–Crippen LogP) is 0.354. The molecule has 1 saturated carbocycles. The number of hydrogen-bond donors (Lipinski definition) is 3. The van der Waals surface area contributed by atoms with Gasteiger partial charge in [-0.3, -0.25) is 4.79 Å². The standard InChI is InChI=1S/C11H20N2O3/c1-7(2)10(11(15)16)13-9(14)5-6-12-8-3-4-8/h7-8,10,12H,3-6H2,1-2H3,(H,13,14)(H,15,16)/t10-/m1/s1. The second kappa shape index (κ2) is 5.84. The minimum atomic E-state index is -0.974. The van der Waals surface area contributed by atoms with Crippen molar-refractivity contribution in [2.24, 2.45) is 5.92 Å². The zero-order valence-corrected chi connectivity index (χ0v) is 9.82. The van der Waals surface area contributed by atoms with Crippen LogP contribution in [0.25, 0.3) is 0 Å². The second-order valence-corrected chi connectivity index (χ2v) is 4.61. The molecule has 1 amide bonds. The molecule has 0 aromatic rings. The van der Waals surface area contributed by atoms with Crippen LogP contribution in [0, 0.1) is 5.92 Å². The molecule has 0 aromatic carbocycles. The lowest BCUT2D eigenvalue weighted by atomic mass is 10.0. The molecular formula is C11H20N2O3. The van der Waals surface area contributed by atoms with Crippen molar-refractivity contribution in [3.63, 3.8) is 0 Å². The van der Waals surface area contributed by atoms with Crippen molar-refractivity contribution in [2.45, 2.75) is 45.2 Å². The number of nitrogens with one attached hydrogen (secondary N) is 2. The van der Waals surface area contributed by atoms with E-state index >= 15 is 0 Å². The minimum absolute atomic E-state index is 0.0992. The van der Waals surface area contributed by atoms with E-state index in [2.05, 4.69) is 10.6 Å². The number of rotatable bonds is 7. The van der Waals surface area contributed by atoms with Crippen molar-refractivity contribution < 1.29 is 14.7 Å². The maximum Gasteiger partial charge on any atom is 0.326 e. The first-order chi connectivity index (χ1) is 7.50. The number of aliphatic carboxylic acids is 1. The summed E-state index contributed by atoms with van der Waals surface area (Å²) < 4.78 is 0. The molecule has 0 aliphatic heterocycles. The van der Waals surface area contributed by atoms with Gasteiger partial charge in [0, 0.05) is 19.0 Å². The van der Waals surface area contributed by atoms with E-state index < -0.39 is 12.0 Å².